The molecule has 4 heteroatoms. The van der Waals surface area contributed by atoms with Crippen molar-refractivity contribution in [3.8, 4) is 0 Å². The molecule has 2 fully saturated rings. The minimum atomic E-state index is 0.0252. The highest BCUT2D eigenvalue weighted by Crippen LogP contribution is 2.34. The summed E-state index contributed by atoms with van der Waals surface area (Å²) >= 11 is 0. The van der Waals surface area contributed by atoms with E-state index in [0.717, 1.165) is 42.1 Å². The summed E-state index contributed by atoms with van der Waals surface area (Å²) in [5.74, 6) is 2.55. The first-order valence-electron chi connectivity index (χ1n) is 6.94. The predicted octanol–water partition coefficient (Wildman–Crippen LogP) is 1.90. The standard InChI is InChI=1S/C14H21N3O/c1-10-13(9-18)6-15-14(16-10)17(7-11-2-3-11)8-12-4-5-12/h6,11-12,18H,2-5,7-9H2,1H3. The molecular formula is C14H21N3O. The minimum Gasteiger partial charge on any atom is -0.392 e. The van der Waals surface area contributed by atoms with Crippen molar-refractivity contribution in [3.05, 3.63) is 17.5 Å². The Morgan fingerprint density at radius 1 is 1.22 bits per heavy atom. The molecule has 1 heterocycles. The number of aromatic nitrogens is 2. The van der Waals surface area contributed by atoms with Crippen molar-refractivity contribution in [2.75, 3.05) is 18.0 Å². The first-order valence-corrected chi connectivity index (χ1v) is 6.94. The van der Waals surface area contributed by atoms with Crippen molar-refractivity contribution in [1.82, 2.24) is 9.97 Å². The molecule has 2 aliphatic rings. The maximum absolute atomic E-state index is 9.17. The van der Waals surface area contributed by atoms with Crippen LogP contribution in [0.15, 0.2) is 6.20 Å². The van der Waals surface area contributed by atoms with Crippen molar-refractivity contribution in [1.29, 1.82) is 0 Å². The van der Waals surface area contributed by atoms with Crippen LogP contribution in [0.3, 0.4) is 0 Å². The van der Waals surface area contributed by atoms with Crippen LogP contribution in [0.1, 0.15) is 36.9 Å². The third-order valence-electron chi connectivity index (χ3n) is 3.87. The summed E-state index contributed by atoms with van der Waals surface area (Å²) in [6.07, 6.45) is 7.19. The van der Waals surface area contributed by atoms with Crippen molar-refractivity contribution < 1.29 is 5.11 Å². The van der Waals surface area contributed by atoms with E-state index in [-0.39, 0.29) is 6.61 Å². The third-order valence-corrected chi connectivity index (χ3v) is 3.87. The zero-order chi connectivity index (χ0) is 12.5. The van der Waals surface area contributed by atoms with Crippen LogP contribution in [0.25, 0.3) is 0 Å². The Hall–Kier alpha value is -1.16. The molecule has 1 N–H and O–H groups in total. The molecule has 98 valence electrons. The molecule has 4 nitrogen and oxygen atoms in total. The molecule has 3 rings (SSSR count). The average Bonchev–Trinajstić information content (AvgIpc) is 3.23. The Kier molecular flexibility index (Phi) is 3.20. The van der Waals surface area contributed by atoms with E-state index in [4.69, 9.17) is 5.11 Å². The molecule has 2 aliphatic carbocycles. The summed E-state index contributed by atoms with van der Waals surface area (Å²) in [6, 6.07) is 0. The second kappa shape index (κ2) is 4.84. The molecule has 1 aromatic heterocycles. The highest BCUT2D eigenvalue weighted by molar-refractivity contribution is 5.33. The van der Waals surface area contributed by atoms with Gasteiger partial charge in [-0.05, 0) is 44.4 Å². The molecule has 0 radical (unpaired) electrons. The van der Waals surface area contributed by atoms with Gasteiger partial charge in [-0.2, -0.15) is 0 Å². The van der Waals surface area contributed by atoms with E-state index >= 15 is 0 Å². The fourth-order valence-corrected chi connectivity index (χ4v) is 2.25. The van der Waals surface area contributed by atoms with Gasteiger partial charge in [0.2, 0.25) is 5.95 Å². The van der Waals surface area contributed by atoms with Gasteiger partial charge in [0.25, 0.3) is 0 Å². The minimum absolute atomic E-state index is 0.0252. The number of hydrogen-bond donors (Lipinski definition) is 1. The Labute approximate surface area is 108 Å². The van der Waals surface area contributed by atoms with Gasteiger partial charge in [-0.15, -0.1) is 0 Å². The second-order valence-electron chi connectivity index (χ2n) is 5.73. The van der Waals surface area contributed by atoms with Gasteiger partial charge in [-0.1, -0.05) is 0 Å². The summed E-state index contributed by atoms with van der Waals surface area (Å²) in [6.45, 7) is 4.18. The highest BCUT2D eigenvalue weighted by Gasteiger charge is 2.30. The second-order valence-corrected chi connectivity index (χ2v) is 5.73. The molecule has 0 saturated heterocycles. The molecular weight excluding hydrogens is 226 g/mol. The van der Waals surface area contributed by atoms with Gasteiger partial charge in [0.1, 0.15) is 0 Å². The zero-order valence-corrected chi connectivity index (χ0v) is 11.0. The predicted molar refractivity (Wildman–Crippen MR) is 70.4 cm³/mol. The van der Waals surface area contributed by atoms with Crippen molar-refractivity contribution in [3.63, 3.8) is 0 Å². The van der Waals surface area contributed by atoms with Gasteiger partial charge >= 0.3 is 0 Å². The van der Waals surface area contributed by atoms with Crippen LogP contribution >= 0.6 is 0 Å². The molecule has 0 aromatic carbocycles. The van der Waals surface area contributed by atoms with Crippen LogP contribution in [0, 0.1) is 18.8 Å². The number of nitrogens with zero attached hydrogens (tertiary/aromatic N) is 3. The van der Waals surface area contributed by atoms with Crippen LogP contribution in [-0.4, -0.2) is 28.2 Å². The maximum Gasteiger partial charge on any atom is 0.225 e. The molecule has 0 unspecified atom stereocenters. The topological polar surface area (TPSA) is 49.2 Å². The van der Waals surface area contributed by atoms with Gasteiger partial charge in [0, 0.05) is 30.5 Å². The lowest BCUT2D eigenvalue weighted by Crippen LogP contribution is -2.30. The van der Waals surface area contributed by atoms with Crippen molar-refractivity contribution in [2.45, 2.75) is 39.2 Å². The van der Waals surface area contributed by atoms with Crippen LogP contribution < -0.4 is 4.90 Å². The normalized spacial score (nSPS) is 19.0. The lowest BCUT2D eigenvalue weighted by molar-refractivity contribution is 0.280. The van der Waals surface area contributed by atoms with E-state index in [2.05, 4.69) is 14.9 Å². The van der Waals surface area contributed by atoms with Gasteiger partial charge in [-0.25, -0.2) is 9.97 Å². The van der Waals surface area contributed by atoms with Crippen molar-refractivity contribution in [2.24, 2.45) is 11.8 Å². The molecule has 1 aromatic rings. The highest BCUT2D eigenvalue weighted by atomic mass is 16.3. The zero-order valence-electron chi connectivity index (χ0n) is 11.0. The first kappa shape index (κ1) is 11.9. The molecule has 0 atom stereocenters. The van der Waals surface area contributed by atoms with Crippen LogP contribution in [-0.2, 0) is 6.61 Å². The lowest BCUT2D eigenvalue weighted by atomic mass is 10.2. The number of anilines is 1. The van der Waals surface area contributed by atoms with Gasteiger partial charge in [0.15, 0.2) is 0 Å². The Morgan fingerprint density at radius 3 is 2.28 bits per heavy atom. The molecule has 0 bridgehead atoms. The first-order chi connectivity index (χ1) is 8.76. The fourth-order valence-electron chi connectivity index (χ4n) is 2.25. The van der Waals surface area contributed by atoms with E-state index in [1.807, 2.05) is 6.92 Å². The molecule has 0 spiro atoms. The van der Waals surface area contributed by atoms with Gasteiger partial charge < -0.3 is 10.0 Å². The monoisotopic (exact) mass is 247 g/mol. The van der Waals surface area contributed by atoms with E-state index < -0.39 is 0 Å². The molecule has 0 amide bonds. The number of aryl methyl sites for hydroxylation is 1. The summed E-state index contributed by atoms with van der Waals surface area (Å²) in [5.41, 5.74) is 1.73. The van der Waals surface area contributed by atoms with Crippen LogP contribution in [0.4, 0.5) is 5.95 Å². The number of hydrogen-bond acceptors (Lipinski definition) is 4. The fraction of sp³-hybridized carbons (Fsp3) is 0.714. The van der Waals surface area contributed by atoms with Gasteiger partial charge in [0.05, 0.1) is 6.61 Å². The van der Waals surface area contributed by atoms with E-state index in [9.17, 15) is 0 Å². The van der Waals surface area contributed by atoms with E-state index in [1.54, 1.807) is 6.20 Å². The maximum atomic E-state index is 9.17. The quantitative estimate of drug-likeness (QED) is 0.834. The van der Waals surface area contributed by atoms with Crippen LogP contribution in [0.5, 0.6) is 0 Å². The van der Waals surface area contributed by atoms with Crippen molar-refractivity contribution >= 4 is 5.95 Å². The smallest absolute Gasteiger partial charge is 0.225 e. The van der Waals surface area contributed by atoms with E-state index in [0.29, 0.717) is 0 Å². The van der Waals surface area contributed by atoms with Gasteiger partial charge in [-0.3, -0.25) is 0 Å². The van der Waals surface area contributed by atoms with Crippen LogP contribution in [0.2, 0.25) is 0 Å². The SMILES string of the molecule is Cc1nc(N(CC2CC2)CC2CC2)ncc1CO. The van der Waals surface area contributed by atoms with E-state index in [1.165, 1.54) is 25.7 Å². The summed E-state index contributed by atoms with van der Waals surface area (Å²) in [5, 5.41) is 9.17. The molecule has 18 heavy (non-hydrogen) atoms. The Morgan fingerprint density at radius 2 is 1.83 bits per heavy atom. The largest absolute Gasteiger partial charge is 0.392 e. The number of rotatable bonds is 6. The lowest BCUT2D eigenvalue weighted by Gasteiger charge is -2.23. The Balaban J connectivity index is 1.76. The Bertz CT molecular complexity index is 413. The average molecular weight is 247 g/mol. The summed E-state index contributed by atoms with van der Waals surface area (Å²) in [7, 11) is 0. The summed E-state index contributed by atoms with van der Waals surface area (Å²) < 4.78 is 0. The summed E-state index contributed by atoms with van der Waals surface area (Å²) in [4.78, 5) is 11.3. The molecule has 2 saturated carbocycles. The molecule has 0 aliphatic heterocycles. The number of aliphatic hydroxyl groups excluding tert-OH is 1. The third kappa shape index (κ3) is 2.80. The number of aliphatic hydroxyl groups is 1.